The lowest BCUT2D eigenvalue weighted by atomic mass is 10.0. The van der Waals surface area contributed by atoms with Crippen molar-refractivity contribution in [2.45, 2.75) is 18.9 Å². The molecule has 0 aromatic heterocycles. The van der Waals surface area contributed by atoms with Crippen LogP contribution in [0.1, 0.15) is 12.8 Å². The number of hydrogen-bond acceptors (Lipinski definition) is 3. The van der Waals surface area contributed by atoms with E-state index in [9.17, 15) is 18.4 Å². The molecule has 0 aliphatic carbocycles. The number of rotatable bonds is 2. The van der Waals surface area contributed by atoms with Crippen molar-refractivity contribution in [3.05, 3.63) is 29.8 Å². The number of carbonyl (C=O) groups excluding carboxylic acids is 2. The lowest BCUT2D eigenvalue weighted by molar-refractivity contribution is -0.144. The van der Waals surface area contributed by atoms with E-state index in [1.165, 1.54) is 4.90 Å². The molecule has 2 rings (SSSR count). The minimum absolute atomic E-state index is 0.0215. The van der Waals surface area contributed by atoms with Crippen LogP contribution in [0.4, 0.5) is 14.5 Å². The molecule has 1 N–H and O–H groups in total. The Hall–Kier alpha value is -2.02. The minimum Gasteiger partial charge on any atom is -0.334 e. The van der Waals surface area contributed by atoms with Gasteiger partial charge in [0.1, 0.15) is 11.6 Å². The summed E-state index contributed by atoms with van der Waals surface area (Å²) in [7, 11) is 3.55. The van der Waals surface area contributed by atoms with Crippen LogP contribution in [-0.4, -0.2) is 54.8 Å². The van der Waals surface area contributed by atoms with Crippen molar-refractivity contribution in [1.82, 2.24) is 9.80 Å². The lowest BCUT2D eigenvalue weighted by Gasteiger charge is -2.34. The summed E-state index contributed by atoms with van der Waals surface area (Å²) in [6.45, 7) is 1.70. The van der Waals surface area contributed by atoms with Crippen molar-refractivity contribution < 1.29 is 18.4 Å². The molecule has 0 radical (unpaired) electrons. The van der Waals surface area contributed by atoms with Gasteiger partial charge in [-0.15, -0.1) is 0 Å². The lowest BCUT2D eigenvalue weighted by Crippen LogP contribution is -2.48. The van der Waals surface area contributed by atoms with Gasteiger partial charge in [0.05, 0.1) is 5.69 Å². The summed E-state index contributed by atoms with van der Waals surface area (Å²) in [5.74, 6) is -3.19. The van der Waals surface area contributed by atoms with E-state index in [-0.39, 0.29) is 11.7 Å². The van der Waals surface area contributed by atoms with E-state index in [4.69, 9.17) is 0 Å². The van der Waals surface area contributed by atoms with Crippen LogP contribution in [0.3, 0.4) is 0 Å². The molecule has 0 bridgehead atoms. The van der Waals surface area contributed by atoms with Crippen LogP contribution in [-0.2, 0) is 9.59 Å². The van der Waals surface area contributed by atoms with Crippen molar-refractivity contribution >= 4 is 17.5 Å². The highest BCUT2D eigenvalue weighted by Gasteiger charge is 2.28. The first-order valence-electron chi connectivity index (χ1n) is 7.10. The van der Waals surface area contributed by atoms with Crippen LogP contribution >= 0.6 is 0 Å². The third kappa shape index (κ3) is 3.79. The molecule has 22 heavy (non-hydrogen) atoms. The van der Waals surface area contributed by atoms with Crippen LogP contribution in [0.15, 0.2) is 18.2 Å². The highest BCUT2D eigenvalue weighted by atomic mass is 19.1. The van der Waals surface area contributed by atoms with Crippen LogP contribution in [0, 0.1) is 11.6 Å². The first-order chi connectivity index (χ1) is 10.4. The quantitative estimate of drug-likeness (QED) is 0.841. The molecule has 7 heteroatoms. The van der Waals surface area contributed by atoms with E-state index < -0.39 is 23.4 Å². The van der Waals surface area contributed by atoms with Gasteiger partial charge in [0.2, 0.25) is 0 Å². The standard InChI is InChI=1S/C15H19F2N3O2/c1-19-7-5-11(6-8-19)20(2)15(22)14(21)18-13-9-10(16)3-4-12(13)17/h3-4,9,11H,5-8H2,1-2H3,(H,18,21). The summed E-state index contributed by atoms with van der Waals surface area (Å²) >= 11 is 0. The molecule has 120 valence electrons. The average Bonchev–Trinajstić information content (AvgIpc) is 2.50. The molecule has 1 fully saturated rings. The largest absolute Gasteiger partial charge is 0.334 e. The number of likely N-dealkylation sites (N-methyl/N-ethyl adjacent to an activating group) is 1. The van der Waals surface area contributed by atoms with E-state index in [1.807, 2.05) is 7.05 Å². The van der Waals surface area contributed by atoms with Gasteiger partial charge in [0.25, 0.3) is 0 Å². The fraction of sp³-hybridized carbons (Fsp3) is 0.467. The Morgan fingerprint density at radius 2 is 1.91 bits per heavy atom. The Kier molecular flexibility index (Phi) is 5.07. The number of piperidine rings is 1. The Balaban J connectivity index is 1.99. The van der Waals surface area contributed by atoms with Crippen LogP contribution in [0.2, 0.25) is 0 Å². The van der Waals surface area contributed by atoms with Crippen molar-refractivity contribution in [1.29, 1.82) is 0 Å². The van der Waals surface area contributed by atoms with Crippen molar-refractivity contribution in [2.24, 2.45) is 0 Å². The maximum absolute atomic E-state index is 13.5. The Bertz CT molecular complexity index is 572. The zero-order chi connectivity index (χ0) is 16.3. The van der Waals surface area contributed by atoms with E-state index in [0.29, 0.717) is 0 Å². The fourth-order valence-corrected chi connectivity index (χ4v) is 2.48. The molecule has 0 saturated carbocycles. The first kappa shape index (κ1) is 16.4. The van der Waals surface area contributed by atoms with Gasteiger partial charge in [0.15, 0.2) is 0 Å². The summed E-state index contributed by atoms with van der Waals surface area (Å²) in [6, 6.07) is 2.66. The maximum atomic E-state index is 13.5. The Labute approximate surface area is 127 Å². The molecule has 0 unspecified atom stereocenters. The topological polar surface area (TPSA) is 52.7 Å². The Morgan fingerprint density at radius 3 is 2.55 bits per heavy atom. The summed E-state index contributed by atoms with van der Waals surface area (Å²) in [5, 5.41) is 2.12. The molecule has 1 saturated heterocycles. The predicted molar refractivity (Wildman–Crippen MR) is 78.3 cm³/mol. The molecule has 1 aliphatic heterocycles. The van der Waals surface area contributed by atoms with Gasteiger partial charge in [-0.05, 0) is 45.1 Å². The monoisotopic (exact) mass is 311 g/mol. The van der Waals surface area contributed by atoms with Gasteiger partial charge in [-0.25, -0.2) is 8.78 Å². The number of amides is 2. The molecule has 1 aromatic carbocycles. The number of halogens is 2. The number of carbonyl (C=O) groups is 2. The number of nitrogens with one attached hydrogen (secondary N) is 1. The van der Waals surface area contributed by atoms with Gasteiger partial charge in [-0.3, -0.25) is 9.59 Å². The number of benzene rings is 1. The summed E-state index contributed by atoms with van der Waals surface area (Å²) < 4.78 is 26.5. The number of nitrogens with zero attached hydrogens (tertiary/aromatic N) is 2. The van der Waals surface area contributed by atoms with Crippen molar-refractivity contribution in [3.63, 3.8) is 0 Å². The third-order valence-electron chi connectivity index (χ3n) is 3.93. The SMILES string of the molecule is CN1CCC(N(C)C(=O)C(=O)Nc2cc(F)ccc2F)CC1. The molecule has 2 amide bonds. The number of anilines is 1. The van der Waals surface area contributed by atoms with Crippen LogP contribution in [0.25, 0.3) is 0 Å². The van der Waals surface area contributed by atoms with E-state index >= 15 is 0 Å². The molecule has 5 nitrogen and oxygen atoms in total. The van der Waals surface area contributed by atoms with E-state index in [1.54, 1.807) is 7.05 Å². The number of hydrogen-bond donors (Lipinski definition) is 1. The molecule has 0 spiro atoms. The summed E-state index contributed by atoms with van der Waals surface area (Å²) in [5.41, 5.74) is -0.338. The van der Waals surface area contributed by atoms with Gasteiger partial charge >= 0.3 is 11.8 Å². The van der Waals surface area contributed by atoms with Crippen LogP contribution < -0.4 is 5.32 Å². The highest BCUT2D eigenvalue weighted by Crippen LogP contribution is 2.17. The Morgan fingerprint density at radius 1 is 1.27 bits per heavy atom. The highest BCUT2D eigenvalue weighted by molar-refractivity contribution is 6.39. The summed E-state index contributed by atoms with van der Waals surface area (Å²) in [6.07, 6.45) is 1.56. The second kappa shape index (κ2) is 6.83. The zero-order valence-corrected chi connectivity index (χ0v) is 12.6. The van der Waals surface area contributed by atoms with E-state index in [0.717, 1.165) is 44.1 Å². The maximum Gasteiger partial charge on any atom is 0.313 e. The van der Waals surface area contributed by atoms with Crippen molar-refractivity contribution in [3.8, 4) is 0 Å². The third-order valence-corrected chi connectivity index (χ3v) is 3.93. The van der Waals surface area contributed by atoms with Crippen LogP contribution in [0.5, 0.6) is 0 Å². The smallest absolute Gasteiger partial charge is 0.313 e. The molecule has 1 aliphatic rings. The van der Waals surface area contributed by atoms with E-state index in [2.05, 4.69) is 10.2 Å². The second-order valence-electron chi connectivity index (χ2n) is 5.53. The zero-order valence-electron chi connectivity index (χ0n) is 12.6. The normalized spacial score (nSPS) is 16.4. The first-order valence-corrected chi connectivity index (χ1v) is 7.10. The molecule has 1 heterocycles. The predicted octanol–water partition coefficient (Wildman–Crippen LogP) is 1.46. The fourth-order valence-electron chi connectivity index (χ4n) is 2.48. The number of likely N-dealkylation sites (tertiary alicyclic amines) is 1. The molecule has 0 atom stereocenters. The molecular weight excluding hydrogens is 292 g/mol. The molecule has 1 aromatic rings. The molecular formula is C15H19F2N3O2. The van der Waals surface area contributed by atoms with Gasteiger partial charge in [-0.2, -0.15) is 0 Å². The van der Waals surface area contributed by atoms with Crippen molar-refractivity contribution in [2.75, 3.05) is 32.5 Å². The van der Waals surface area contributed by atoms with Gasteiger partial charge in [-0.1, -0.05) is 0 Å². The van der Waals surface area contributed by atoms with Gasteiger partial charge in [0, 0.05) is 19.2 Å². The van der Waals surface area contributed by atoms with Gasteiger partial charge < -0.3 is 15.1 Å². The summed E-state index contributed by atoms with van der Waals surface area (Å²) in [4.78, 5) is 27.6. The average molecular weight is 311 g/mol. The minimum atomic E-state index is -0.967. The second-order valence-corrected chi connectivity index (χ2v) is 5.53.